The Hall–Kier alpha value is -3.43. The van der Waals surface area contributed by atoms with Crippen molar-refractivity contribution in [1.29, 1.82) is 0 Å². The number of hydrogen-bond acceptors (Lipinski definition) is 6. The van der Waals surface area contributed by atoms with E-state index < -0.39 is 23.6 Å². The van der Waals surface area contributed by atoms with E-state index in [0.29, 0.717) is 16.3 Å². The molecule has 0 aliphatic heterocycles. The Bertz CT molecular complexity index is 1230. The first-order valence-electron chi connectivity index (χ1n) is 9.67. The lowest BCUT2D eigenvalue weighted by molar-refractivity contribution is -0.118. The third-order valence-electron chi connectivity index (χ3n) is 4.61. The van der Waals surface area contributed by atoms with E-state index in [1.807, 2.05) is 0 Å². The minimum atomic E-state index is -0.724. The highest BCUT2D eigenvalue weighted by Crippen LogP contribution is 2.34. The van der Waals surface area contributed by atoms with Crippen LogP contribution in [-0.4, -0.2) is 31.5 Å². The van der Waals surface area contributed by atoms with E-state index in [1.54, 1.807) is 38.1 Å². The summed E-state index contributed by atoms with van der Waals surface area (Å²) in [4.78, 5) is 37.7. The second-order valence-electron chi connectivity index (χ2n) is 6.93. The maximum atomic E-state index is 13.9. The van der Waals surface area contributed by atoms with Gasteiger partial charge in [-0.05, 0) is 55.3 Å². The summed E-state index contributed by atoms with van der Waals surface area (Å²) in [5, 5.41) is 5.73. The highest BCUT2D eigenvalue weighted by molar-refractivity contribution is 7.19. The fourth-order valence-corrected chi connectivity index (χ4v) is 4.32. The molecule has 0 saturated heterocycles. The lowest BCUT2D eigenvalue weighted by atomic mass is 10.1. The van der Waals surface area contributed by atoms with Gasteiger partial charge in [-0.25, -0.2) is 9.18 Å². The largest absolute Gasteiger partial charge is 0.483 e. The number of benzene rings is 2. The van der Waals surface area contributed by atoms with Crippen LogP contribution in [0.5, 0.6) is 5.75 Å². The molecule has 0 fully saturated rings. The monoisotopic (exact) mass is 490 g/mol. The zero-order chi connectivity index (χ0) is 24.1. The molecule has 3 rings (SSSR count). The number of aryl methyl sites for hydroxylation is 1. The summed E-state index contributed by atoms with van der Waals surface area (Å²) in [7, 11) is 1.19. The number of anilines is 2. The van der Waals surface area contributed by atoms with Gasteiger partial charge in [0.1, 0.15) is 16.6 Å². The lowest BCUT2D eigenvalue weighted by Gasteiger charge is -2.10. The van der Waals surface area contributed by atoms with E-state index in [-0.39, 0.29) is 27.7 Å². The van der Waals surface area contributed by atoms with Gasteiger partial charge < -0.3 is 20.1 Å². The fraction of sp³-hybridized carbons (Fsp3) is 0.174. The average molecular weight is 491 g/mol. The van der Waals surface area contributed by atoms with Gasteiger partial charge in [-0.3, -0.25) is 9.59 Å². The van der Waals surface area contributed by atoms with Gasteiger partial charge in [0.05, 0.1) is 23.2 Å². The molecule has 0 radical (unpaired) electrons. The number of methoxy groups -OCH3 is 1. The van der Waals surface area contributed by atoms with Crippen molar-refractivity contribution in [3.8, 4) is 5.75 Å². The Kier molecular flexibility index (Phi) is 7.67. The Balaban J connectivity index is 1.80. The van der Waals surface area contributed by atoms with Gasteiger partial charge in [-0.15, -0.1) is 11.3 Å². The van der Waals surface area contributed by atoms with Crippen molar-refractivity contribution in [2.24, 2.45) is 0 Å². The summed E-state index contributed by atoms with van der Waals surface area (Å²) in [6, 6.07) is 10.7. The van der Waals surface area contributed by atoms with Gasteiger partial charge in [0, 0.05) is 5.02 Å². The number of ether oxygens (including phenoxy) is 2. The van der Waals surface area contributed by atoms with Crippen LogP contribution in [-0.2, 0) is 9.53 Å². The first-order valence-corrected chi connectivity index (χ1v) is 10.9. The molecule has 0 bridgehead atoms. The van der Waals surface area contributed by atoms with E-state index in [0.717, 1.165) is 16.9 Å². The van der Waals surface area contributed by atoms with Crippen molar-refractivity contribution < 1.29 is 28.2 Å². The average Bonchev–Trinajstić information content (AvgIpc) is 3.10. The number of esters is 1. The number of hydrogen-bond donors (Lipinski definition) is 2. The van der Waals surface area contributed by atoms with Crippen LogP contribution < -0.4 is 15.4 Å². The van der Waals surface area contributed by atoms with Crippen LogP contribution in [0.3, 0.4) is 0 Å². The Morgan fingerprint density at radius 2 is 1.82 bits per heavy atom. The van der Waals surface area contributed by atoms with E-state index in [2.05, 4.69) is 10.6 Å². The molecule has 0 aliphatic carbocycles. The van der Waals surface area contributed by atoms with Crippen molar-refractivity contribution in [3.63, 3.8) is 0 Å². The SMILES string of the molecule is COC(=O)c1c(NC(=O)COc2ccc(Cl)cc2C)sc(C(=O)Nc2ccccc2F)c1C. The van der Waals surface area contributed by atoms with Crippen LogP contribution in [0.15, 0.2) is 42.5 Å². The quantitative estimate of drug-likeness (QED) is 0.443. The zero-order valence-corrected chi connectivity index (χ0v) is 19.5. The predicted octanol–water partition coefficient (Wildman–Crippen LogP) is 5.21. The molecule has 1 aromatic heterocycles. The number of halogens is 2. The molecule has 172 valence electrons. The van der Waals surface area contributed by atoms with E-state index in [4.69, 9.17) is 21.1 Å². The summed E-state index contributed by atoms with van der Waals surface area (Å²) in [6.45, 7) is 3.00. The highest BCUT2D eigenvalue weighted by atomic mass is 35.5. The lowest BCUT2D eigenvalue weighted by Crippen LogP contribution is -2.21. The molecule has 0 spiro atoms. The van der Waals surface area contributed by atoms with E-state index in [9.17, 15) is 18.8 Å². The summed E-state index contributed by atoms with van der Waals surface area (Å²) in [5.41, 5.74) is 1.08. The number of para-hydroxylation sites is 1. The Labute approximate surface area is 198 Å². The molecule has 2 N–H and O–H groups in total. The molecule has 0 saturated carbocycles. The third-order valence-corrected chi connectivity index (χ3v) is 6.05. The van der Waals surface area contributed by atoms with Gasteiger partial charge in [-0.2, -0.15) is 0 Å². The van der Waals surface area contributed by atoms with Crippen LogP contribution in [0.25, 0.3) is 0 Å². The first kappa shape index (κ1) is 24.2. The highest BCUT2D eigenvalue weighted by Gasteiger charge is 2.27. The summed E-state index contributed by atoms with van der Waals surface area (Å²) in [5.74, 6) is -2.01. The standard InChI is InChI=1S/C23H20ClFN2O5S/c1-12-10-14(24)8-9-17(12)32-11-18(28)27-22-19(23(30)31-3)13(2)20(33-22)21(29)26-16-7-5-4-6-15(16)25/h4-10H,11H2,1-3H3,(H,26,29)(H,27,28). The molecule has 33 heavy (non-hydrogen) atoms. The summed E-state index contributed by atoms with van der Waals surface area (Å²) < 4.78 is 24.3. The first-order chi connectivity index (χ1) is 15.7. The number of nitrogens with one attached hydrogen (secondary N) is 2. The third kappa shape index (κ3) is 5.68. The Morgan fingerprint density at radius 1 is 1.09 bits per heavy atom. The van der Waals surface area contributed by atoms with Crippen molar-refractivity contribution in [1.82, 2.24) is 0 Å². The van der Waals surface area contributed by atoms with Crippen LogP contribution in [0.4, 0.5) is 15.1 Å². The Morgan fingerprint density at radius 3 is 2.48 bits per heavy atom. The van der Waals surface area contributed by atoms with Gasteiger partial charge in [0.2, 0.25) is 0 Å². The number of carbonyl (C=O) groups is 3. The minimum absolute atomic E-state index is 0.00719. The topological polar surface area (TPSA) is 93.7 Å². The van der Waals surface area contributed by atoms with Crippen molar-refractivity contribution >= 4 is 51.4 Å². The van der Waals surface area contributed by atoms with Gasteiger partial charge in [-0.1, -0.05) is 23.7 Å². The molecule has 2 aromatic carbocycles. The van der Waals surface area contributed by atoms with Gasteiger partial charge in [0.25, 0.3) is 11.8 Å². The number of amides is 2. The fourth-order valence-electron chi connectivity index (χ4n) is 2.99. The molecule has 2 amide bonds. The van der Waals surface area contributed by atoms with Crippen LogP contribution in [0.1, 0.15) is 31.2 Å². The zero-order valence-electron chi connectivity index (χ0n) is 18.0. The summed E-state index contributed by atoms with van der Waals surface area (Å²) >= 11 is 6.80. The molecule has 0 aliphatic rings. The van der Waals surface area contributed by atoms with Crippen LogP contribution in [0.2, 0.25) is 5.02 Å². The number of carbonyl (C=O) groups excluding carboxylic acids is 3. The second kappa shape index (κ2) is 10.5. The molecule has 0 atom stereocenters. The number of rotatable bonds is 7. The molecule has 3 aromatic rings. The molecular formula is C23H20ClFN2O5S. The second-order valence-corrected chi connectivity index (χ2v) is 8.39. The van der Waals surface area contributed by atoms with E-state index >= 15 is 0 Å². The van der Waals surface area contributed by atoms with Crippen LogP contribution >= 0.6 is 22.9 Å². The maximum absolute atomic E-state index is 13.9. The van der Waals surface area contributed by atoms with E-state index in [1.165, 1.54) is 25.3 Å². The van der Waals surface area contributed by atoms with Crippen molar-refractivity contribution in [2.75, 3.05) is 24.4 Å². The minimum Gasteiger partial charge on any atom is -0.483 e. The molecule has 0 unspecified atom stereocenters. The predicted molar refractivity (Wildman–Crippen MR) is 125 cm³/mol. The van der Waals surface area contributed by atoms with Gasteiger partial charge in [0.15, 0.2) is 6.61 Å². The van der Waals surface area contributed by atoms with Crippen LogP contribution in [0, 0.1) is 19.7 Å². The summed E-state index contributed by atoms with van der Waals surface area (Å²) in [6.07, 6.45) is 0. The van der Waals surface area contributed by atoms with Crippen molar-refractivity contribution in [3.05, 3.63) is 74.9 Å². The molecule has 1 heterocycles. The smallest absolute Gasteiger partial charge is 0.341 e. The molecule has 7 nitrogen and oxygen atoms in total. The van der Waals surface area contributed by atoms with Crippen molar-refractivity contribution in [2.45, 2.75) is 13.8 Å². The normalized spacial score (nSPS) is 10.5. The van der Waals surface area contributed by atoms with Gasteiger partial charge >= 0.3 is 5.97 Å². The molecular weight excluding hydrogens is 471 g/mol. The maximum Gasteiger partial charge on any atom is 0.341 e. The number of thiophene rings is 1. The molecule has 10 heteroatoms.